The van der Waals surface area contributed by atoms with Gasteiger partial charge in [-0.3, -0.25) is 13.8 Å². The van der Waals surface area contributed by atoms with Crippen molar-refractivity contribution < 1.29 is 33.1 Å². The van der Waals surface area contributed by atoms with Crippen molar-refractivity contribution in [3.8, 4) is 0 Å². The van der Waals surface area contributed by atoms with E-state index in [1.165, 1.54) is 38.5 Å². The van der Waals surface area contributed by atoms with Gasteiger partial charge in [0.25, 0.3) is 0 Å². The van der Waals surface area contributed by atoms with Crippen molar-refractivity contribution in [1.82, 2.24) is 0 Å². The molecule has 0 aliphatic carbocycles. The quantitative estimate of drug-likeness (QED) is 0.102. The normalized spacial score (nSPS) is 14.7. The first-order chi connectivity index (χ1) is 14.4. The standard InChI is InChI=1S/C21H42NO7P/c1-2-3-4-5-6-7-8-9-10-11-12-13-14-15-21(24)27-18-20(23)19-29-30(25,26)28-17-16-22/h7-8,20,23H,2-6,9-19,22H2,1H3,(H,25,26)/t20-/m1/s1. The van der Waals surface area contributed by atoms with E-state index in [1.807, 2.05) is 0 Å². The van der Waals surface area contributed by atoms with Crippen LogP contribution in [0.1, 0.15) is 84.0 Å². The third kappa shape index (κ3) is 20.5. The zero-order valence-corrected chi connectivity index (χ0v) is 19.4. The summed E-state index contributed by atoms with van der Waals surface area (Å²) < 4.78 is 25.5. The van der Waals surface area contributed by atoms with Crippen molar-refractivity contribution in [1.29, 1.82) is 0 Å². The summed E-state index contributed by atoms with van der Waals surface area (Å²) in [6.45, 7) is 1.40. The van der Waals surface area contributed by atoms with Crippen LogP contribution in [0.5, 0.6) is 0 Å². The zero-order chi connectivity index (χ0) is 22.5. The van der Waals surface area contributed by atoms with Crippen LogP contribution < -0.4 is 5.73 Å². The van der Waals surface area contributed by atoms with Crippen LogP contribution in [0.4, 0.5) is 0 Å². The Morgan fingerprint density at radius 1 is 0.967 bits per heavy atom. The molecule has 1 unspecified atom stereocenters. The van der Waals surface area contributed by atoms with E-state index in [9.17, 15) is 19.4 Å². The Bertz CT molecular complexity index is 488. The highest BCUT2D eigenvalue weighted by molar-refractivity contribution is 7.47. The van der Waals surface area contributed by atoms with Crippen molar-refractivity contribution in [3.63, 3.8) is 0 Å². The first kappa shape index (κ1) is 29.2. The summed E-state index contributed by atoms with van der Waals surface area (Å²) >= 11 is 0. The molecule has 4 N–H and O–H groups in total. The predicted molar refractivity (Wildman–Crippen MR) is 118 cm³/mol. The van der Waals surface area contributed by atoms with E-state index in [1.54, 1.807) is 0 Å². The molecule has 0 amide bonds. The number of aliphatic hydroxyl groups is 1. The largest absolute Gasteiger partial charge is 0.472 e. The van der Waals surface area contributed by atoms with Crippen molar-refractivity contribution in [2.24, 2.45) is 5.73 Å². The van der Waals surface area contributed by atoms with Gasteiger partial charge in [0, 0.05) is 13.0 Å². The third-order valence-electron chi connectivity index (χ3n) is 4.38. The van der Waals surface area contributed by atoms with Crippen LogP contribution in [-0.4, -0.2) is 48.4 Å². The first-order valence-electron chi connectivity index (χ1n) is 11.2. The molecule has 0 saturated heterocycles. The number of esters is 1. The Balaban J connectivity index is 3.52. The highest BCUT2D eigenvalue weighted by atomic mass is 31.2. The minimum absolute atomic E-state index is 0.0737. The van der Waals surface area contributed by atoms with Gasteiger partial charge in [0.2, 0.25) is 0 Å². The molecule has 2 atom stereocenters. The summed E-state index contributed by atoms with van der Waals surface area (Å²) in [6, 6.07) is 0. The highest BCUT2D eigenvalue weighted by Crippen LogP contribution is 2.42. The lowest BCUT2D eigenvalue weighted by Crippen LogP contribution is -2.23. The average Bonchev–Trinajstić information content (AvgIpc) is 2.72. The number of unbranched alkanes of at least 4 members (excludes halogenated alkanes) is 9. The number of phosphoric acid groups is 1. The van der Waals surface area contributed by atoms with Crippen molar-refractivity contribution >= 4 is 13.8 Å². The monoisotopic (exact) mass is 451 g/mol. The van der Waals surface area contributed by atoms with Gasteiger partial charge in [-0.05, 0) is 32.1 Å². The number of hydrogen-bond acceptors (Lipinski definition) is 7. The number of hydrogen-bond donors (Lipinski definition) is 3. The Hall–Kier alpha value is -0.760. The van der Waals surface area contributed by atoms with Gasteiger partial charge in [0.1, 0.15) is 12.7 Å². The van der Waals surface area contributed by atoms with Crippen LogP contribution in [-0.2, 0) is 23.1 Å². The minimum atomic E-state index is -4.24. The van der Waals surface area contributed by atoms with E-state index < -0.39 is 26.5 Å². The van der Waals surface area contributed by atoms with Crippen LogP contribution in [0, 0.1) is 0 Å². The van der Waals surface area contributed by atoms with Crippen LogP contribution in [0.15, 0.2) is 12.2 Å². The van der Waals surface area contributed by atoms with Gasteiger partial charge in [0.05, 0.1) is 13.2 Å². The smallest absolute Gasteiger partial charge is 0.463 e. The summed E-state index contributed by atoms with van der Waals surface area (Å²) in [5.41, 5.74) is 5.16. The summed E-state index contributed by atoms with van der Waals surface area (Å²) in [7, 11) is -4.24. The molecule has 8 nitrogen and oxygen atoms in total. The van der Waals surface area contributed by atoms with Gasteiger partial charge < -0.3 is 20.5 Å². The summed E-state index contributed by atoms with van der Waals surface area (Å²) in [4.78, 5) is 21.0. The van der Waals surface area contributed by atoms with Gasteiger partial charge in [-0.15, -0.1) is 0 Å². The molecule has 0 bridgehead atoms. The van der Waals surface area contributed by atoms with E-state index in [0.717, 1.165) is 32.1 Å². The second-order valence-electron chi connectivity index (χ2n) is 7.35. The fraction of sp³-hybridized carbons (Fsp3) is 0.857. The second-order valence-corrected chi connectivity index (χ2v) is 8.80. The van der Waals surface area contributed by atoms with Crippen molar-refractivity contribution in [2.45, 2.75) is 90.1 Å². The molecule has 0 fully saturated rings. The van der Waals surface area contributed by atoms with Gasteiger partial charge in [-0.2, -0.15) is 0 Å². The minimum Gasteiger partial charge on any atom is -0.463 e. The van der Waals surface area contributed by atoms with Gasteiger partial charge in [-0.1, -0.05) is 57.6 Å². The number of carbonyl (C=O) groups is 1. The maximum Gasteiger partial charge on any atom is 0.472 e. The average molecular weight is 452 g/mol. The molecular weight excluding hydrogens is 409 g/mol. The SMILES string of the molecule is CCCCCCC=CCCCCCCCC(=O)OC[C@@H](O)COP(=O)(O)OCCN. The second kappa shape index (κ2) is 20.2. The van der Waals surface area contributed by atoms with Gasteiger partial charge in [-0.25, -0.2) is 4.57 Å². The zero-order valence-electron chi connectivity index (χ0n) is 18.5. The Morgan fingerprint density at radius 2 is 1.57 bits per heavy atom. The molecule has 9 heteroatoms. The summed E-state index contributed by atoms with van der Waals surface area (Å²) in [6.07, 6.45) is 16.3. The molecule has 0 heterocycles. The topological polar surface area (TPSA) is 128 Å². The van der Waals surface area contributed by atoms with Gasteiger partial charge in [0.15, 0.2) is 0 Å². The number of nitrogens with two attached hydrogens (primary N) is 1. The lowest BCUT2D eigenvalue weighted by atomic mass is 10.1. The van der Waals surface area contributed by atoms with E-state index in [4.69, 9.17) is 10.5 Å². The molecule has 0 saturated carbocycles. The summed E-state index contributed by atoms with van der Waals surface area (Å²) in [5, 5.41) is 9.65. The molecule has 30 heavy (non-hydrogen) atoms. The third-order valence-corrected chi connectivity index (χ3v) is 5.37. The van der Waals surface area contributed by atoms with E-state index in [-0.39, 0.29) is 19.8 Å². The van der Waals surface area contributed by atoms with Crippen LogP contribution in [0.2, 0.25) is 0 Å². The molecule has 178 valence electrons. The van der Waals surface area contributed by atoms with Crippen molar-refractivity contribution in [2.75, 3.05) is 26.4 Å². The van der Waals surface area contributed by atoms with E-state index in [0.29, 0.717) is 6.42 Å². The van der Waals surface area contributed by atoms with Crippen molar-refractivity contribution in [3.05, 3.63) is 12.2 Å². The number of ether oxygens (including phenoxy) is 1. The molecule has 0 aliphatic rings. The van der Waals surface area contributed by atoms with E-state index >= 15 is 0 Å². The molecule has 0 aromatic rings. The lowest BCUT2D eigenvalue weighted by Gasteiger charge is -2.15. The van der Waals surface area contributed by atoms with Crippen LogP contribution in [0.25, 0.3) is 0 Å². The Kier molecular flexibility index (Phi) is 19.6. The van der Waals surface area contributed by atoms with Crippen LogP contribution >= 0.6 is 7.82 Å². The maximum atomic E-state index is 11.7. The number of rotatable bonds is 21. The molecule has 0 spiro atoms. The fourth-order valence-electron chi connectivity index (χ4n) is 2.68. The molecular formula is C21H42NO7P. The predicted octanol–water partition coefficient (Wildman–Crippen LogP) is 4.24. The lowest BCUT2D eigenvalue weighted by molar-refractivity contribution is -0.147. The number of allylic oxidation sites excluding steroid dienone is 2. The number of carbonyl (C=O) groups excluding carboxylic acids is 1. The molecule has 0 aromatic heterocycles. The number of aliphatic hydroxyl groups excluding tert-OH is 1. The van der Waals surface area contributed by atoms with E-state index in [2.05, 4.69) is 28.1 Å². The van der Waals surface area contributed by atoms with Crippen LogP contribution in [0.3, 0.4) is 0 Å². The maximum absolute atomic E-state index is 11.7. The Labute approximate surface area is 181 Å². The Morgan fingerprint density at radius 3 is 2.20 bits per heavy atom. The fourth-order valence-corrected chi connectivity index (χ4v) is 3.45. The molecule has 0 aliphatic heterocycles. The summed E-state index contributed by atoms with van der Waals surface area (Å²) in [5.74, 6) is -0.397. The number of phosphoric ester groups is 1. The molecule has 0 aromatic carbocycles. The van der Waals surface area contributed by atoms with Gasteiger partial charge >= 0.3 is 13.8 Å². The molecule has 0 radical (unpaired) electrons. The first-order valence-corrected chi connectivity index (χ1v) is 12.7. The molecule has 0 rings (SSSR count). The highest BCUT2D eigenvalue weighted by Gasteiger charge is 2.22.